The van der Waals surface area contributed by atoms with Crippen LogP contribution in [0.5, 0.6) is 0 Å². The summed E-state index contributed by atoms with van der Waals surface area (Å²) in [5, 5.41) is 8.84. The zero-order valence-electron chi connectivity index (χ0n) is 10.8. The first-order chi connectivity index (χ1) is 8.74. The van der Waals surface area contributed by atoms with E-state index < -0.39 is 5.82 Å². The molecule has 2 nitrogen and oxygen atoms in total. The molecule has 1 aromatic rings. The van der Waals surface area contributed by atoms with E-state index in [1.165, 1.54) is 31.7 Å². The van der Waals surface area contributed by atoms with Gasteiger partial charge in [0.25, 0.3) is 0 Å². The van der Waals surface area contributed by atoms with Crippen LogP contribution in [0.1, 0.15) is 43.7 Å². The van der Waals surface area contributed by atoms with E-state index in [1.54, 1.807) is 12.1 Å². The first kappa shape index (κ1) is 13.0. The summed E-state index contributed by atoms with van der Waals surface area (Å²) in [6, 6.07) is 7.47. The number of halogens is 1. The van der Waals surface area contributed by atoms with Crippen molar-refractivity contribution in [3.05, 3.63) is 35.1 Å². The lowest BCUT2D eigenvalue weighted by Crippen LogP contribution is -2.26. The maximum Gasteiger partial charge on any atom is 0.140 e. The van der Waals surface area contributed by atoms with Crippen LogP contribution in [-0.4, -0.2) is 17.5 Å². The Bertz CT molecular complexity index is 446. The Morgan fingerprint density at radius 3 is 2.83 bits per heavy atom. The van der Waals surface area contributed by atoms with Crippen molar-refractivity contribution in [1.82, 2.24) is 4.90 Å². The summed E-state index contributed by atoms with van der Waals surface area (Å²) in [7, 11) is 0. The summed E-state index contributed by atoms with van der Waals surface area (Å²) < 4.78 is 13.2. The summed E-state index contributed by atoms with van der Waals surface area (Å²) in [5.74, 6) is -0.423. The second-order valence-electron chi connectivity index (χ2n) is 4.98. The van der Waals surface area contributed by atoms with E-state index in [0.717, 1.165) is 18.7 Å². The van der Waals surface area contributed by atoms with Crippen LogP contribution in [0.4, 0.5) is 4.39 Å². The molecular formula is C15H19FN2. The molecule has 1 aliphatic carbocycles. The van der Waals surface area contributed by atoms with Gasteiger partial charge in [0.15, 0.2) is 0 Å². The normalized spacial score (nSPS) is 14.8. The maximum atomic E-state index is 13.2. The largest absolute Gasteiger partial charge is 0.296 e. The molecule has 0 unspecified atom stereocenters. The number of rotatable bonds is 6. The molecule has 0 heterocycles. The number of unbranched alkanes of at least 4 members (excludes halogenated alkanes) is 1. The highest BCUT2D eigenvalue weighted by atomic mass is 19.1. The first-order valence-corrected chi connectivity index (χ1v) is 6.67. The molecule has 0 amide bonds. The highest BCUT2D eigenvalue weighted by Crippen LogP contribution is 2.28. The molecule has 18 heavy (non-hydrogen) atoms. The van der Waals surface area contributed by atoms with Gasteiger partial charge in [-0.15, -0.1) is 0 Å². The average molecular weight is 246 g/mol. The Labute approximate surface area is 108 Å². The smallest absolute Gasteiger partial charge is 0.140 e. The third-order valence-corrected chi connectivity index (χ3v) is 3.40. The fourth-order valence-electron chi connectivity index (χ4n) is 2.18. The molecule has 0 saturated heterocycles. The second-order valence-corrected chi connectivity index (χ2v) is 4.98. The van der Waals surface area contributed by atoms with Gasteiger partial charge in [0, 0.05) is 12.6 Å². The van der Waals surface area contributed by atoms with Crippen molar-refractivity contribution in [2.75, 3.05) is 6.54 Å². The van der Waals surface area contributed by atoms with Crippen molar-refractivity contribution in [1.29, 1.82) is 5.26 Å². The summed E-state index contributed by atoms with van der Waals surface area (Å²) in [4.78, 5) is 2.46. The zero-order valence-corrected chi connectivity index (χ0v) is 10.8. The molecule has 0 aromatic heterocycles. The molecule has 0 bridgehead atoms. The maximum absolute atomic E-state index is 13.2. The van der Waals surface area contributed by atoms with Gasteiger partial charge in [-0.1, -0.05) is 19.4 Å². The van der Waals surface area contributed by atoms with Gasteiger partial charge in [-0.2, -0.15) is 5.26 Å². The predicted octanol–water partition coefficient (Wildman–Crippen LogP) is 3.46. The van der Waals surface area contributed by atoms with Crippen LogP contribution >= 0.6 is 0 Å². The third-order valence-electron chi connectivity index (χ3n) is 3.40. The van der Waals surface area contributed by atoms with Gasteiger partial charge in [-0.05, 0) is 43.5 Å². The summed E-state index contributed by atoms with van der Waals surface area (Å²) >= 11 is 0. The lowest BCUT2D eigenvalue weighted by molar-refractivity contribution is 0.250. The Balaban J connectivity index is 2.04. The predicted molar refractivity (Wildman–Crippen MR) is 69.5 cm³/mol. The van der Waals surface area contributed by atoms with Crippen LogP contribution in [-0.2, 0) is 6.54 Å². The van der Waals surface area contributed by atoms with Crippen molar-refractivity contribution < 1.29 is 4.39 Å². The van der Waals surface area contributed by atoms with E-state index in [2.05, 4.69) is 11.8 Å². The van der Waals surface area contributed by atoms with Gasteiger partial charge < -0.3 is 0 Å². The Hall–Kier alpha value is -1.40. The van der Waals surface area contributed by atoms with E-state index >= 15 is 0 Å². The quantitative estimate of drug-likeness (QED) is 0.768. The molecule has 3 heteroatoms. The van der Waals surface area contributed by atoms with Crippen molar-refractivity contribution in [3.63, 3.8) is 0 Å². The van der Waals surface area contributed by atoms with Gasteiger partial charge in [0.05, 0.1) is 5.56 Å². The molecule has 0 N–H and O–H groups in total. The molecular weight excluding hydrogens is 227 g/mol. The van der Waals surface area contributed by atoms with Crippen LogP contribution in [0.25, 0.3) is 0 Å². The molecule has 0 radical (unpaired) electrons. The minimum absolute atomic E-state index is 0.152. The second kappa shape index (κ2) is 5.97. The summed E-state index contributed by atoms with van der Waals surface area (Å²) in [6.07, 6.45) is 4.94. The van der Waals surface area contributed by atoms with Gasteiger partial charge in [0.2, 0.25) is 0 Å². The number of nitrogens with zero attached hydrogens (tertiary/aromatic N) is 2. The Morgan fingerprint density at radius 2 is 2.22 bits per heavy atom. The van der Waals surface area contributed by atoms with Gasteiger partial charge in [0.1, 0.15) is 11.9 Å². The van der Waals surface area contributed by atoms with Crippen LogP contribution < -0.4 is 0 Å². The molecule has 0 atom stereocenters. The van der Waals surface area contributed by atoms with E-state index in [4.69, 9.17) is 5.26 Å². The molecule has 1 aromatic carbocycles. The fourth-order valence-corrected chi connectivity index (χ4v) is 2.18. The van der Waals surface area contributed by atoms with Crippen molar-refractivity contribution in [2.24, 2.45) is 0 Å². The van der Waals surface area contributed by atoms with E-state index in [0.29, 0.717) is 6.04 Å². The Morgan fingerprint density at radius 1 is 1.44 bits per heavy atom. The molecule has 1 aliphatic rings. The van der Waals surface area contributed by atoms with Crippen LogP contribution in [0, 0.1) is 17.1 Å². The van der Waals surface area contributed by atoms with Crippen LogP contribution in [0.3, 0.4) is 0 Å². The molecule has 2 rings (SSSR count). The molecule has 0 spiro atoms. The van der Waals surface area contributed by atoms with Gasteiger partial charge in [-0.3, -0.25) is 4.90 Å². The third kappa shape index (κ3) is 3.30. The summed E-state index contributed by atoms with van der Waals surface area (Å²) in [5.41, 5.74) is 1.19. The van der Waals surface area contributed by atoms with Crippen LogP contribution in [0.2, 0.25) is 0 Å². The lowest BCUT2D eigenvalue weighted by Gasteiger charge is -2.21. The molecule has 0 aliphatic heterocycles. The SMILES string of the molecule is CCCCN(Cc1ccc(F)c(C#N)c1)C1CC1. The summed E-state index contributed by atoms with van der Waals surface area (Å²) in [6.45, 7) is 4.12. The van der Waals surface area contributed by atoms with Crippen molar-refractivity contribution in [2.45, 2.75) is 45.2 Å². The van der Waals surface area contributed by atoms with Crippen molar-refractivity contribution in [3.8, 4) is 6.07 Å². The number of nitriles is 1. The Kier molecular flexibility index (Phi) is 4.33. The highest BCUT2D eigenvalue weighted by Gasteiger charge is 2.28. The van der Waals surface area contributed by atoms with Gasteiger partial charge >= 0.3 is 0 Å². The number of benzene rings is 1. The molecule has 1 saturated carbocycles. The van der Waals surface area contributed by atoms with Gasteiger partial charge in [-0.25, -0.2) is 4.39 Å². The first-order valence-electron chi connectivity index (χ1n) is 6.67. The number of hydrogen-bond donors (Lipinski definition) is 0. The van der Waals surface area contributed by atoms with E-state index in [9.17, 15) is 4.39 Å². The zero-order chi connectivity index (χ0) is 13.0. The molecule has 1 fully saturated rings. The van der Waals surface area contributed by atoms with E-state index in [-0.39, 0.29) is 5.56 Å². The fraction of sp³-hybridized carbons (Fsp3) is 0.533. The minimum atomic E-state index is -0.423. The number of hydrogen-bond acceptors (Lipinski definition) is 2. The van der Waals surface area contributed by atoms with Crippen molar-refractivity contribution >= 4 is 0 Å². The molecule has 96 valence electrons. The van der Waals surface area contributed by atoms with Crippen LogP contribution in [0.15, 0.2) is 18.2 Å². The minimum Gasteiger partial charge on any atom is -0.296 e. The highest BCUT2D eigenvalue weighted by molar-refractivity contribution is 5.34. The van der Waals surface area contributed by atoms with E-state index in [1.807, 2.05) is 6.07 Å². The standard InChI is InChI=1S/C15H19FN2/c1-2-3-8-18(14-5-6-14)11-12-4-7-15(16)13(9-12)10-17/h4,7,9,14H,2-3,5-6,8,11H2,1H3. The topological polar surface area (TPSA) is 27.0 Å². The average Bonchev–Trinajstić information content (AvgIpc) is 3.20. The lowest BCUT2D eigenvalue weighted by atomic mass is 10.1. The monoisotopic (exact) mass is 246 g/mol.